The van der Waals surface area contributed by atoms with E-state index < -0.39 is 18.1 Å². The lowest BCUT2D eigenvalue weighted by Crippen LogP contribution is -2.42. The van der Waals surface area contributed by atoms with Crippen molar-refractivity contribution in [2.24, 2.45) is 34.2 Å². The summed E-state index contributed by atoms with van der Waals surface area (Å²) in [7, 11) is 3.27. The van der Waals surface area contributed by atoms with Crippen LogP contribution in [0.25, 0.3) is 10.4 Å². The van der Waals surface area contributed by atoms with Gasteiger partial charge in [0.15, 0.2) is 11.5 Å². The van der Waals surface area contributed by atoms with Crippen LogP contribution in [-0.2, 0) is 20.7 Å². The predicted octanol–water partition coefficient (Wildman–Crippen LogP) is 7.70. The Morgan fingerprint density at radius 2 is 1.74 bits per heavy atom. The molecule has 46 heavy (non-hydrogen) atoms. The molecule has 0 aliphatic rings. The Morgan fingerprint density at radius 1 is 1.02 bits per heavy atom. The van der Waals surface area contributed by atoms with Crippen LogP contribution in [0.1, 0.15) is 105 Å². The molecule has 262 valence electrons. The van der Waals surface area contributed by atoms with Crippen molar-refractivity contribution < 1.29 is 28.9 Å². The van der Waals surface area contributed by atoms with Crippen LogP contribution >= 0.6 is 0 Å². The van der Waals surface area contributed by atoms with Crippen LogP contribution in [0, 0.1) is 29.1 Å². The molecule has 0 saturated heterocycles. The molecule has 0 aliphatic carbocycles. The van der Waals surface area contributed by atoms with E-state index in [-0.39, 0.29) is 41.3 Å². The summed E-state index contributed by atoms with van der Waals surface area (Å²) in [5.74, 6) is 1.22. The minimum atomic E-state index is -0.987. The molecule has 1 amide bonds. The summed E-state index contributed by atoms with van der Waals surface area (Å²) in [6, 6.07) is 5.20. The third-order valence-electron chi connectivity index (χ3n) is 8.72. The molecule has 0 saturated carbocycles. The number of hydrogen-bond donors (Lipinski definition) is 2. The summed E-state index contributed by atoms with van der Waals surface area (Å²) in [4.78, 5) is 28.9. The number of carbonyl (C=O) groups excluding carboxylic acids is 2. The maximum Gasteiger partial charge on any atom is 0.223 e. The van der Waals surface area contributed by atoms with E-state index in [2.05, 4.69) is 36.1 Å². The monoisotopic (exact) mass is 646 g/mol. The van der Waals surface area contributed by atoms with Gasteiger partial charge in [-0.2, -0.15) is 0 Å². The molecule has 10 heteroatoms. The van der Waals surface area contributed by atoms with E-state index in [0.29, 0.717) is 56.9 Å². The van der Waals surface area contributed by atoms with Gasteiger partial charge in [-0.1, -0.05) is 72.5 Å². The number of ketones is 1. The van der Waals surface area contributed by atoms with E-state index in [0.717, 1.165) is 31.2 Å². The van der Waals surface area contributed by atoms with Gasteiger partial charge < -0.3 is 24.6 Å². The molecule has 0 spiro atoms. The highest BCUT2D eigenvalue weighted by Gasteiger charge is 2.32. The lowest BCUT2D eigenvalue weighted by molar-refractivity contribution is -0.129. The minimum absolute atomic E-state index is 0.0392. The first-order valence-electron chi connectivity index (χ1n) is 17.1. The van der Waals surface area contributed by atoms with E-state index >= 15 is 0 Å². The zero-order valence-corrected chi connectivity index (χ0v) is 30.0. The topological polar surface area (TPSA) is 143 Å². The molecule has 4 atom stereocenters. The maximum atomic E-state index is 13.4. The fraction of sp³-hybridized carbons (Fsp3) is 0.778. The van der Waals surface area contributed by atoms with Crippen molar-refractivity contribution in [2.75, 3.05) is 34.0 Å². The van der Waals surface area contributed by atoms with Crippen LogP contribution in [0.15, 0.2) is 23.3 Å². The van der Waals surface area contributed by atoms with Gasteiger partial charge in [0.1, 0.15) is 5.78 Å². The summed E-state index contributed by atoms with van der Waals surface area (Å²) in [6.45, 7) is 15.7. The van der Waals surface area contributed by atoms with E-state index in [1.54, 1.807) is 14.2 Å². The van der Waals surface area contributed by atoms with Crippen LogP contribution in [0.3, 0.4) is 0 Å². The number of amides is 1. The smallest absolute Gasteiger partial charge is 0.223 e. The number of methoxy groups -OCH3 is 2. The van der Waals surface area contributed by atoms with Crippen LogP contribution in [0.5, 0.6) is 11.5 Å². The van der Waals surface area contributed by atoms with E-state index in [9.17, 15) is 20.2 Å². The van der Waals surface area contributed by atoms with Crippen LogP contribution in [-0.4, -0.2) is 62.9 Å². The summed E-state index contributed by atoms with van der Waals surface area (Å²) in [5, 5.41) is 18.4. The first-order chi connectivity index (χ1) is 21.8. The fourth-order valence-electron chi connectivity index (χ4n) is 5.71. The van der Waals surface area contributed by atoms with Gasteiger partial charge in [0.25, 0.3) is 0 Å². The van der Waals surface area contributed by atoms with Crippen molar-refractivity contribution in [3.8, 4) is 11.5 Å². The van der Waals surface area contributed by atoms with Crippen LogP contribution in [0.4, 0.5) is 0 Å². The largest absolute Gasteiger partial charge is 0.493 e. The van der Waals surface area contributed by atoms with Gasteiger partial charge in [-0.15, -0.1) is 0 Å². The molecule has 0 radical (unpaired) electrons. The van der Waals surface area contributed by atoms with Crippen molar-refractivity contribution >= 4 is 11.7 Å². The first kappa shape index (κ1) is 41.2. The quantitative estimate of drug-likeness (QED) is 0.0482. The summed E-state index contributed by atoms with van der Waals surface area (Å²) in [5.41, 5.74) is 10.1. The van der Waals surface area contributed by atoms with Crippen molar-refractivity contribution in [3.63, 3.8) is 0 Å². The molecular weight excluding hydrogens is 584 g/mol. The lowest BCUT2D eigenvalue weighted by Gasteiger charge is -2.31. The predicted molar refractivity (Wildman–Crippen MR) is 184 cm³/mol. The third-order valence-corrected chi connectivity index (χ3v) is 8.72. The Kier molecular flexibility index (Phi) is 19.6. The Bertz CT molecular complexity index is 1090. The fourth-order valence-corrected chi connectivity index (χ4v) is 5.71. The van der Waals surface area contributed by atoms with Gasteiger partial charge in [-0.3, -0.25) is 9.59 Å². The second kappa shape index (κ2) is 21.9. The van der Waals surface area contributed by atoms with Gasteiger partial charge in [0.2, 0.25) is 5.91 Å². The molecule has 0 bridgehead atoms. The van der Waals surface area contributed by atoms with Gasteiger partial charge >= 0.3 is 0 Å². The third kappa shape index (κ3) is 15.7. The zero-order valence-electron chi connectivity index (χ0n) is 30.0. The average molecular weight is 647 g/mol. The second-order valence-corrected chi connectivity index (χ2v) is 14.1. The maximum absolute atomic E-state index is 13.4. The first-order valence-corrected chi connectivity index (χ1v) is 17.1. The normalized spacial score (nSPS) is 14.3. The number of azide groups is 1. The number of aliphatic hydroxyl groups is 1. The number of Topliss-reactive ketones (excluding diaryl/α,β-unsaturated/α-hetero) is 1. The van der Waals surface area contributed by atoms with Crippen LogP contribution < -0.4 is 14.8 Å². The van der Waals surface area contributed by atoms with Gasteiger partial charge in [0, 0.05) is 50.4 Å². The van der Waals surface area contributed by atoms with E-state index in [1.165, 1.54) is 0 Å². The highest BCUT2D eigenvalue weighted by Crippen LogP contribution is 2.33. The van der Waals surface area contributed by atoms with Crippen molar-refractivity contribution in [1.29, 1.82) is 0 Å². The summed E-state index contributed by atoms with van der Waals surface area (Å²) < 4.78 is 16.6. The summed E-state index contributed by atoms with van der Waals surface area (Å²) in [6.07, 6.45) is 5.13. The average Bonchev–Trinajstić information content (AvgIpc) is 2.99. The molecule has 2 N–H and O–H groups in total. The minimum Gasteiger partial charge on any atom is -0.493 e. The van der Waals surface area contributed by atoms with E-state index in [1.807, 2.05) is 45.9 Å². The number of nitrogens with zero attached hydrogens (tertiary/aromatic N) is 3. The molecule has 0 aromatic heterocycles. The van der Waals surface area contributed by atoms with Crippen molar-refractivity contribution in [2.45, 2.75) is 118 Å². The Labute approximate surface area is 278 Å². The Morgan fingerprint density at radius 3 is 2.33 bits per heavy atom. The molecule has 0 unspecified atom stereocenters. The van der Waals surface area contributed by atoms with E-state index in [4.69, 9.17) is 14.2 Å². The number of carbonyl (C=O) groups is 2. The number of hydrogen-bond acceptors (Lipinski definition) is 7. The standard InChI is InChI=1S/C36H62N4O6/c1-10-11-12-14-29(41)23-36(6,7)24-38-35(43)30(26(4)5)22-32(42)31(39-40-37)21-28(25(2)3)19-27-15-16-33(45-9)34(20-27)46-18-13-17-44-8/h15-16,20,25-26,28,30-32,42H,10-14,17-19,21-24H2,1-9H3,(H,38,43)/t28-,30-,31-,32-/m0/s1. The van der Waals surface area contributed by atoms with Crippen molar-refractivity contribution in [3.05, 3.63) is 34.2 Å². The molecule has 1 aromatic rings. The number of nitrogens with one attached hydrogen (secondary N) is 1. The number of unbranched alkanes of at least 4 members (excludes halogenated alkanes) is 2. The summed E-state index contributed by atoms with van der Waals surface area (Å²) >= 11 is 0. The molecule has 10 nitrogen and oxygen atoms in total. The zero-order chi connectivity index (χ0) is 34.7. The molecule has 0 fully saturated rings. The molecule has 0 aliphatic heterocycles. The Balaban J connectivity index is 2.96. The number of aliphatic hydroxyl groups excluding tert-OH is 1. The highest BCUT2D eigenvalue weighted by atomic mass is 16.5. The molecule has 1 rings (SSSR count). The highest BCUT2D eigenvalue weighted by molar-refractivity contribution is 5.80. The van der Waals surface area contributed by atoms with Crippen molar-refractivity contribution in [1.82, 2.24) is 5.32 Å². The van der Waals surface area contributed by atoms with Gasteiger partial charge in [-0.25, -0.2) is 0 Å². The van der Waals surface area contributed by atoms with Gasteiger partial charge in [0.05, 0.1) is 25.9 Å². The SMILES string of the molecule is CCCCCC(=O)CC(C)(C)CNC(=O)[C@@H](C[C@H](O)[C@H](C[C@H](Cc1ccc(OC)c(OCCCOC)c1)C(C)C)N=[N+]=[N-])C(C)C. The lowest BCUT2D eigenvalue weighted by atomic mass is 9.80. The molecule has 1 aromatic carbocycles. The second-order valence-electron chi connectivity index (χ2n) is 14.1. The number of rotatable bonds is 25. The number of benzene rings is 1. The van der Waals surface area contributed by atoms with Crippen LogP contribution in [0.2, 0.25) is 0 Å². The molecule has 0 heterocycles. The Hall–Kier alpha value is -2.81. The number of ether oxygens (including phenoxy) is 3. The molecular formula is C36H62N4O6. The van der Waals surface area contributed by atoms with Gasteiger partial charge in [-0.05, 0) is 72.1 Å².